The minimum Gasteiger partial charge on any atom is -0.393 e. The smallest absolute Gasteiger partial charge is 0.389 e. The van der Waals surface area contributed by atoms with E-state index >= 15 is 0 Å². The molecule has 0 saturated heterocycles. The Morgan fingerprint density at radius 1 is 1.28 bits per heavy atom. The van der Waals surface area contributed by atoms with Gasteiger partial charge in [-0.3, -0.25) is 0 Å². The fourth-order valence-corrected chi connectivity index (χ4v) is 1.79. The molecule has 0 heterocycles. The minimum absolute atomic E-state index is 0.0224. The van der Waals surface area contributed by atoms with Crippen molar-refractivity contribution in [2.24, 2.45) is 0 Å². The lowest BCUT2D eigenvalue weighted by atomic mass is 10.0. The molecule has 18 heavy (non-hydrogen) atoms. The number of alkyl halides is 3. The molecule has 1 aromatic rings. The van der Waals surface area contributed by atoms with E-state index in [9.17, 15) is 22.7 Å². The van der Waals surface area contributed by atoms with Gasteiger partial charge in [0.15, 0.2) is 0 Å². The van der Waals surface area contributed by atoms with Gasteiger partial charge in [0.1, 0.15) is 5.82 Å². The summed E-state index contributed by atoms with van der Waals surface area (Å²) in [5.41, 5.74) is 0.210. The summed E-state index contributed by atoms with van der Waals surface area (Å²) >= 11 is 5.56. The van der Waals surface area contributed by atoms with Crippen molar-refractivity contribution in [3.8, 4) is 0 Å². The maximum absolute atomic E-state index is 13.5. The highest BCUT2D eigenvalue weighted by molar-refractivity contribution is 6.30. The van der Waals surface area contributed by atoms with E-state index < -0.39 is 24.5 Å². The molecule has 1 N–H and O–H groups in total. The summed E-state index contributed by atoms with van der Waals surface area (Å²) in [7, 11) is 0. The van der Waals surface area contributed by atoms with Gasteiger partial charge < -0.3 is 5.11 Å². The van der Waals surface area contributed by atoms with Crippen LogP contribution in [-0.4, -0.2) is 17.4 Å². The van der Waals surface area contributed by atoms with Gasteiger partial charge in [0.05, 0.1) is 11.1 Å². The Bertz CT molecular complexity index is 392. The van der Waals surface area contributed by atoms with Crippen molar-refractivity contribution in [3.63, 3.8) is 0 Å². The minimum atomic E-state index is -4.22. The third kappa shape index (κ3) is 5.23. The Kier molecular flexibility index (Phi) is 5.41. The van der Waals surface area contributed by atoms with Crippen molar-refractivity contribution in [2.75, 3.05) is 0 Å². The second-order valence-electron chi connectivity index (χ2n) is 4.08. The van der Waals surface area contributed by atoms with Crippen LogP contribution in [0, 0.1) is 5.82 Å². The summed E-state index contributed by atoms with van der Waals surface area (Å²) in [4.78, 5) is 0. The molecule has 102 valence electrons. The molecule has 0 aromatic heterocycles. The van der Waals surface area contributed by atoms with Crippen molar-refractivity contribution < 1.29 is 22.7 Å². The lowest BCUT2D eigenvalue weighted by Gasteiger charge is -2.12. The summed E-state index contributed by atoms with van der Waals surface area (Å²) in [5, 5.41) is 9.48. The van der Waals surface area contributed by atoms with Gasteiger partial charge in [-0.15, -0.1) is 0 Å². The topological polar surface area (TPSA) is 20.2 Å². The number of rotatable bonds is 5. The Morgan fingerprint density at radius 2 is 1.94 bits per heavy atom. The van der Waals surface area contributed by atoms with Crippen molar-refractivity contribution in [3.05, 3.63) is 34.6 Å². The van der Waals surface area contributed by atoms with Gasteiger partial charge in [-0.05, 0) is 24.5 Å². The summed E-state index contributed by atoms with van der Waals surface area (Å²) < 4.78 is 49.1. The van der Waals surface area contributed by atoms with Gasteiger partial charge in [0.25, 0.3) is 0 Å². The van der Waals surface area contributed by atoms with E-state index in [-0.39, 0.29) is 29.8 Å². The Balaban J connectivity index is 2.45. The first kappa shape index (κ1) is 15.2. The van der Waals surface area contributed by atoms with E-state index in [1.165, 1.54) is 18.2 Å². The molecule has 1 aromatic carbocycles. The lowest BCUT2D eigenvalue weighted by molar-refractivity contribution is -0.136. The van der Waals surface area contributed by atoms with Crippen LogP contribution in [0.5, 0.6) is 0 Å². The number of aliphatic hydroxyl groups excluding tert-OH is 1. The molecule has 6 heteroatoms. The van der Waals surface area contributed by atoms with Crippen molar-refractivity contribution in [2.45, 2.75) is 38.0 Å². The average Bonchev–Trinajstić information content (AvgIpc) is 2.23. The number of hydrogen-bond acceptors (Lipinski definition) is 1. The number of benzene rings is 1. The fraction of sp³-hybridized carbons (Fsp3) is 0.500. The predicted octanol–water partition coefficient (Wildman–Crippen LogP) is 4.12. The molecule has 0 bridgehead atoms. The van der Waals surface area contributed by atoms with E-state index in [0.717, 1.165) is 0 Å². The highest BCUT2D eigenvalue weighted by atomic mass is 35.5. The number of hydrogen-bond donors (Lipinski definition) is 1. The molecule has 0 spiro atoms. The monoisotopic (exact) mass is 284 g/mol. The average molecular weight is 285 g/mol. The van der Waals surface area contributed by atoms with E-state index in [1.807, 2.05) is 0 Å². The predicted molar refractivity (Wildman–Crippen MR) is 61.0 cm³/mol. The van der Waals surface area contributed by atoms with Gasteiger partial charge in [-0.25, -0.2) is 4.39 Å². The zero-order valence-corrected chi connectivity index (χ0v) is 10.2. The Labute approximate surface area is 107 Å². The summed E-state index contributed by atoms with van der Waals surface area (Å²) in [6.07, 6.45) is -6.40. The molecule has 1 unspecified atom stereocenters. The second kappa shape index (κ2) is 6.38. The largest absolute Gasteiger partial charge is 0.393 e. The maximum Gasteiger partial charge on any atom is 0.389 e. The fourth-order valence-electron chi connectivity index (χ4n) is 1.60. The standard InChI is InChI=1S/C12H13ClF4O/c13-10-5-1-3-8(11(10)14)7-9(18)4-2-6-12(15,16)17/h1,3,5,9,18H,2,4,6-7H2. The molecule has 0 saturated carbocycles. The van der Waals surface area contributed by atoms with Crippen molar-refractivity contribution in [1.82, 2.24) is 0 Å². The zero-order valence-electron chi connectivity index (χ0n) is 9.47. The van der Waals surface area contributed by atoms with Gasteiger partial charge in [0, 0.05) is 12.8 Å². The van der Waals surface area contributed by atoms with Gasteiger partial charge in [-0.1, -0.05) is 23.7 Å². The molecular formula is C12H13ClF4O. The van der Waals surface area contributed by atoms with Crippen LogP contribution in [0.4, 0.5) is 17.6 Å². The van der Waals surface area contributed by atoms with Crippen LogP contribution in [0.2, 0.25) is 5.02 Å². The third-order valence-electron chi connectivity index (χ3n) is 2.48. The molecule has 1 atom stereocenters. The highest BCUT2D eigenvalue weighted by Gasteiger charge is 2.26. The van der Waals surface area contributed by atoms with Crippen LogP contribution in [-0.2, 0) is 6.42 Å². The van der Waals surface area contributed by atoms with E-state index in [2.05, 4.69) is 0 Å². The summed E-state index contributed by atoms with van der Waals surface area (Å²) in [5.74, 6) is -0.631. The van der Waals surface area contributed by atoms with E-state index in [1.54, 1.807) is 0 Å². The molecule has 0 aliphatic heterocycles. The number of aliphatic hydroxyl groups is 1. The SMILES string of the molecule is OC(CCCC(F)(F)F)Cc1cccc(Cl)c1F. The molecule has 0 radical (unpaired) electrons. The molecule has 1 nitrogen and oxygen atoms in total. The Morgan fingerprint density at radius 3 is 2.56 bits per heavy atom. The zero-order chi connectivity index (χ0) is 13.8. The van der Waals surface area contributed by atoms with Crippen LogP contribution < -0.4 is 0 Å². The first-order chi connectivity index (χ1) is 8.29. The maximum atomic E-state index is 13.5. The van der Waals surface area contributed by atoms with Gasteiger partial charge >= 0.3 is 6.18 Å². The van der Waals surface area contributed by atoms with Crippen molar-refractivity contribution >= 4 is 11.6 Å². The summed E-state index contributed by atoms with van der Waals surface area (Å²) in [6.45, 7) is 0. The van der Waals surface area contributed by atoms with Gasteiger partial charge in [-0.2, -0.15) is 13.2 Å². The van der Waals surface area contributed by atoms with Crippen molar-refractivity contribution in [1.29, 1.82) is 0 Å². The molecule has 1 rings (SSSR count). The van der Waals surface area contributed by atoms with Crippen LogP contribution >= 0.6 is 11.6 Å². The Hall–Kier alpha value is -0.810. The molecule has 0 amide bonds. The lowest BCUT2D eigenvalue weighted by Crippen LogP contribution is -2.14. The summed E-state index contributed by atoms with van der Waals surface area (Å²) in [6, 6.07) is 4.35. The van der Waals surface area contributed by atoms with Crippen LogP contribution in [0.25, 0.3) is 0 Å². The van der Waals surface area contributed by atoms with Crippen LogP contribution in [0.3, 0.4) is 0 Å². The number of halogens is 5. The second-order valence-corrected chi connectivity index (χ2v) is 4.49. The first-order valence-electron chi connectivity index (χ1n) is 5.47. The normalized spacial score (nSPS) is 13.7. The molecule has 0 aliphatic rings. The molecule has 0 fully saturated rings. The van der Waals surface area contributed by atoms with E-state index in [4.69, 9.17) is 11.6 Å². The van der Waals surface area contributed by atoms with Gasteiger partial charge in [0.2, 0.25) is 0 Å². The third-order valence-corrected chi connectivity index (χ3v) is 2.78. The van der Waals surface area contributed by atoms with Crippen LogP contribution in [0.15, 0.2) is 18.2 Å². The molecule has 0 aliphatic carbocycles. The first-order valence-corrected chi connectivity index (χ1v) is 5.85. The van der Waals surface area contributed by atoms with E-state index in [0.29, 0.717) is 0 Å². The van der Waals surface area contributed by atoms with Crippen LogP contribution in [0.1, 0.15) is 24.8 Å². The quantitative estimate of drug-likeness (QED) is 0.807. The molecular weight excluding hydrogens is 272 g/mol. The highest BCUT2D eigenvalue weighted by Crippen LogP contribution is 2.24.